The number of nitrogens with zero attached hydrogens (tertiary/aromatic N) is 1. The monoisotopic (exact) mass is 337 g/mol. The van der Waals surface area contributed by atoms with Crippen LogP contribution in [-0.4, -0.2) is 28.4 Å². The van der Waals surface area contributed by atoms with Crippen molar-refractivity contribution in [2.24, 2.45) is 0 Å². The normalized spacial score (nSPS) is 10.8. The lowest BCUT2D eigenvalue weighted by atomic mass is 9.98. The number of Topliss-reactive ketones (excluding diaryl/α,β-unsaturated/α-hetero) is 1. The average molecular weight is 337 g/mol. The van der Waals surface area contributed by atoms with E-state index in [4.69, 9.17) is 4.74 Å². The number of hydrogen-bond acceptors (Lipinski definition) is 3. The number of carbonyl (C=O) groups excluding carboxylic acids is 1. The molecule has 0 bridgehead atoms. The molecule has 5 nitrogen and oxygen atoms in total. The summed E-state index contributed by atoms with van der Waals surface area (Å²) in [5.41, 5.74) is 3.88. The predicted octanol–water partition coefficient (Wildman–Crippen LogP) is 3.37. The van der Waals surface area contributed by atoms with E-state index in [0.717, 1.165) is 22.2 Å². The van der Waals surface area contributed by atoms with Crippen LogP contribution in [0.15, 0.2) is 48.7 Å². The third-order valence-electron chi connectivity index (χ3n) is 4.34. The zero-order chi connectivity index (χ0) is 18.0. The average Bonchev–Trinajstić information content (AvgIpc) is 2.94. The summed E-state index contributed by atoms with van der Waals surface area (Å²) in [7, 11) is 1.54. The van der Waals surface area contributed by atoms with Crippen molar-refractivity contribution in [1.82, 2.24) is 4.40 Å². The number of carbonyl (C=O) groups is 2. The van der Waals surface area contributed by atoms with Crippen molar-refractivity contribution in [2.45, 2.75) is 19.8 Å². The molecule has 2 aromatic heterocycles. The summed E-state index contributed by atoms with van der Waals surface area (Å²) in [4.78, 5) is 23.7. The summed E-state index contributed by atoms with van der Waals surface area (Å²) >= 11 is 0. The molecule has 0 spiro atoms. The lowest BCUT2D eigenvalue weighted by Crippen LogP contribution is -2.17. The van der Waals surface area contributed by atoms with Crippen LogP contribution >= 0.6 is 0 Å². The number of carboxylic acids is 1. The molecular formula is C20H19NO4. The fourth-order valence-corrected chi connectivity index (χ4v) is 3.20. The number of ketones is 1. The molecule has 3 rings (SSSR count). The van der Waals surface area contributed by atoms with Crippen LogP contribution in [-0.2, 0) is 17.6 Å². The highest BCUT2D eigenvalue weighted by Crippen LogP contribution is 2.29. The van der Waals surface area contributed by atoms with Gasteiger partial charge in [-0.1, -0.05) is 37.3 Å². The highest BCUT2D eigenvalue weighted by atomic mass is 16.5. The van der Waals surface area contributed by atoms with Gasteiger partial charge in [-0.15, -0.1) is 0 Å². The van der Waals surface area contributed by atoms with Crippen LogP contribution in [0.1, 0.15) is 34.1 Å². The minimum Gasteiger partial charge on any atom is -0.495 e. The van der Waals surface area contributed by atoms with E-state index in [1.54, 1.807) is 10.6 Å². The Morgan fingerprint density at radius 3 is 2.40 bits per heavy atom. The molecule has 0 saturated heterocycles. The van der Waals surface area contributed by atoms with Gasteiger partial charge < -0.3 is 14.2 Å². The number of aromatic nitrogens is 1. The second kappa shape index (κ2) is 6.81. The molecule has 0 amide bonds. The molecule has 0 fully saturated rings. The molecule has 1 aromatic carbocycles. The van der Waals surface area contributed by atoms with Crippen LogP contribution in [0.2, 0.25) is 0 Å². The largest absolute Gasteiger partial charge is 0.495 e. The van der Waals surface area contributed by atoms with E-state index in [-0.39, 0.29) is 5.69 Å². The van der Waals surface area contributed by atoms with Crippen molar-refractivity contribution in [3.05, 3.63) is 71.0 Å². The van der Waals surface area contributed by atoms with Crippen molar-refractivity contribution in [3.8, 4) is 5.75 Å². The van der Waals surface area contributed by atoms with Gasteiger partial charge in [-0.2, -0.15) is 0 Å². The van der Waals surface area contributed by atoms with Gasteiger partial charge in [0.05, 0.1) is 13.3 Å². The van der Waals surface area contributed by atoms with Gasteiger partial charge >= 0.3 is 5.97 Å². The number of hydrogen-bond donors (Lipinski definition) is 1. The van der Waals surface area contributed by atoms with E-state index in [1.807, 2.05) is 49.4 Å². The number of aliphatic carboxylic acids is 1. The predicted molar refractivity (Wildman–Crippen MR) is 94.5 cm³/mol. The van der Waals surface area contributed by atoms with Gasteiger partial charge in [-0.05, 0) is 41.7 Å². The fraction of sp³-hybridized carbons (Fsp3) is 0.200. The van der Waals surface area contributed by atoms with Crippen molar-refractivity contribution < 1.29 is 19.4 Å². The number of methoxy groups -OCH3 is 1. The summed E-state index contributed by atoms with van der Waals surface area (Å²) in [6.45, 7) is 1.93. The van der Waals surface area contributed by atoms with Crippen molar-refractivity contribution in [1.29, 1.82) is 0 Å². The number of carboxylic acid groups (broad SMARTS) is 1. The standard InChI is InChI=1S/C20H19NO4/c1-3-15-16(11-13-7-5-4-6-8-13)17-10-9-14(25-2)12-21(17)18(15)19(22)20(23)24/h4-10,12H,3,11H2,1-2H3,(H,23,24). The minimum absolute atomic E-state index is 0.204. The first-order valence-electron chi connectivity index (χ1n) is 8.08. The van der Waals surface area contributed by atoms with E-state index in [9.17, 15) is 14.7 Å². The number of ether oxygens (including phenoxy) is 1. The molecule has 3 aromatic rings. The molecule has 0 aliphatic rings. The molecule has 0 aliphatic heterocycles. The highest BCUT2D eigenvalue weighted by Gasteiger charge is 2.26. The quantitative estimate of drug-likeness (QED) is 0.553. The molecule has 0 atom stereocenters. The Morgan fingerprint density at radius 1 is 1.08 bits per heavy atom. The van der Waals surface area contributed by atoms with Crippen molar-refractivity contribution >= 4 is 17.3 Å². The van der Waals surface area contributed by atoms with Gasteiger partial charge in [0.15, 0.2) is 0 Å². The van der Waals surface area contributed by atoms with Crippen LogP contribution in [0.25, 0.3) is 5.52 Å². The Balaban J connectivity index is 2.28. The molecule has 2 heterocycles. The molecule has 128 valence electrons. The van der Waals surface area contributed by atoms with Gasteiger partial charge in [0.25, 0.3) is 5.78 Å². The number of fused-ring (bicyclic) bond motifs is 1. The van der Waals surface area contributed by atoms with E-state index in [2.05, 4.69) is 0 Å². The maximum absolute atomic E-state index is 12.3. The van der Waals surface area contributed by atoms with Crippen LogP contribution in [0.3, 0.4) is 0 Å². The maximum atomic E-state index is 12.3. The van der Waals surface area contributed by atoms with Gasteiger partial charge in [0.1, 0.15) is 11.4 Å². The first kappa shape index (κ1) is 16.8. The smallest absolute Gasteiger partial charge is 0.378 e. The van der Waals surface area contributed by atoms with E-state index >= 15 is 0 Å². The number of benzene rings is 1. The van der Waals surface area contributed by atoms with Crippen LogP contribution < -0.4 is 4.74 Å². The molecule has 5 heteroatoms. The zero-order valence-corrected chi connectivity index (χ0v) is 14.2. The molecule has 0 unspecified atom stereocenters. The Hall–Kier alpha value is -3.08. The van der Waals surface area contributed by atoms with E-state index in [0.29, 0.717) is 18.6 Å². The van der Waals surface area contributed by atoms with Gasteiger partial charge in [-0.25, -0.2) is 4.79 Å². The Kier molecular flexibility index (Phi) is 4.57. The van der Waals surface area contributed by atoms with Crippen molar-refractivity contribution in [2.75, 3.05) is 7.11 Å². The first-order chi connectivity index (χ1) is 12.1. The molecular weight excluding hydrogens is 318 g/mol. The van der Waals surface area contributed by atoms with Crippen LogP contribution in [0.4, 0.5) is 0 Å². The zero-order valence-electron chi connectivity index (χ0n) is 14.2. The molecule has 0 saturated carbocycles. The molecule has 0 aliphatic carbocycles. The number of pyridine rings is 1. The highest BCUT2D eigenvalue weighted by molar-refractivity contribution is 6.40. The lowest BCUT2D eigenvalue weighted by Gasteiger charge is -2.05. The summed E-state index contributed by atoms with van der Waals surface area (Å²) in [5.74, 6) is -1.79. The Labute approximate surface area is 145 Å². The summed E-state index contributed by atoms with van der Waals surface area (Å²) < 4.78 is 6.88. The Bertz CT molecular complexity index is 941. The first-order valence-corrected chi connectivity index (χ1v) is 8.08. The van der Waals surface area contributed by atoms with E-state index in [1.165, 1.54) is 7.11 Å². The minimum atomic E-state index is -1.46. The summed E-state index contributed by atoms with van der Waals surface area (Å²) in [5, 5.41) is 9.25. The summed E-state index contributed by atoms with van der Waals surface area (Å²) in [6, 6.07) is 13.6. The van der Waals surface area contributed by atoms with Gasteiger partial charge in [0, 0.05) is 5.52 Å². The topological polar surface area (TPSA) is 68.0 Å². The Morgan fingerprint density at radius 2 is 1.80 bits per heavy atom. The van der Waals surface area contributed by atoms with E-state index < -0.39 is 11.8 Å². The van der Waals surface area contributed by atoms with Gasteiger partial charge in [0.2, 0.25) is 0 Å². The third kappa shape index (κ3) is 3.01. The molecule has 25 heavy (non-hydrogen) atoms. The SMILES string of the molecule is CCc1c(Cc2ccccc2)c2ccc(OC)cn2c1C(=O)C(=O)O. The maximum Gasteiger partial charge on any atom is 0.378 e. The fourth-order valence-electron chi connectivity index (χ4n) is 3.20. The number of rotatable bonds is 6. The van der Waals surface area contributed by atoms with Crippen molar-refractivity contribution in [3.63, 3.8) is 0 Å². The third-order valence-corrected chi connectivity index (χ3v) is 4.34. The van der Waals surface area contributed by atoms with Gasteiger partial charge in [-0.3, -0.25) is 4.79 Å². The second-order valence-electron chi connectivity index (χ2n) is 5.78. The summed E-state index contributed by atoms with van der Waals surface area (Å²) in [6.07, 6.45) is 2.87. The van der Waals surface area contributed by atoms with Crippen LogP contribution in [0, 0.1) is 0 Å². The lowest BCUT2D eigenvalue weighted by molar-refractivity contribution is -0.131. The van der Waals surface area contributed by atoms with Crippen LogP contribution in [0.5, 0.6) is 5.75 Å². The molecule has 0 radical (unpaired) electrons. The molecule has 1 N–H and O–H groups in total. The second-order valence-corrected chi connectivity index (χ2v) is 5.78.